The van der Waals surface area contributed by atoms with Gasteiger partial charge in [-0.3, -0.25) is 0 Å². The molecule has 0 aliphatic rings. The summed E-state index contributed by atoms with van der Waals surface area (Å²) >= 11 is 7.53. The Morgan fingerprint density at radius 3 is 2.50 bits per heavy atom. The molecule has 0 saturated heterocycles. The van der Waals surface area contributed by atoms with Crippen molar-refractivity contribution in [2.75, 3.05) is 6.26 Å². The Morgan fingerprint density at radius 2 is 2.00 bits per heavy atom. The number of aryl methyl sites for hydroxylation is 1. The van der Waals surface area contributed by atoms with E-state index >= 15 is 0 Å². The zero-order valence-electron chi connectivity index (χ0n) is 6.02. The average molecular weight is 173 g/mol. The summed E-state index contributed by atoms with van der Waals surface area (Å²) in [6.45, 7) is 2.05. The molecule has 0 nitrogen and oxygen atoms in total. The second-order valence-corrected chi connectivity index (χ2v) is 3.48. The highest BCUT2D eigenvalue weighted by molar-refractivity contribution is 7.98. The molecule has 0 aliphatic heterocycles. The Hall–Kier alpha value is -0.140. The normalized spacial score (nSPS) is 9.90. The number of thioether (sulfide) groups is 1. The molecule has 1 aromatic carbocycles. The van der Waals surface area contributed by atoms with E-state index in [4.69, 9.17) is 11.6 Å². The summed E-state index contributed by atoms with van der Waals surface area (Å²) in [5.74, 6) is 0. The second kappa shape index (κ2) is 3.31. The van der Waals surface area contributed by atoms with E-state index in [1.807, 2.05) is 25.3 Å². The molecular weight excluding hydrogens is 164 g/mol. The summed E-state index contributed by atoms with van der Waals surface area (Å²) in [7, 11) is 0. The minimum absolute atomic E-state index is 0.823. The number of benzene rings is 1. The molecule has 0 saturated carbocycles. The Balaban J connectivity index is 3.06. The zero-order valence-corrected chi connectivity index (χ0v) is 7.59. The molecule has 0 atom stereocenters. The first-order valence-corrected chi connectivity index (χ1v) is 4.64. The highest BCUT2D eigenvalue weighted by atomic mass is 35.5. The van der Waals surface area contributed by atoms with Crippen LogP contribution in [0.15, 0.2) is 23.1 Å². The largest absolute Gasteiger partial charge is 0.130 e. The minimum Gasteiger partial charge on any atom is -0.130 e. The van der Waals surface area contributed by atoms with E-state index in [1.165, 1.54) is 10.5 Å². The van der Waals surface area contributed by atoms with Crippen molar-refractivity contribution in [2.24, 2.45) is 0 Å². The molecule has 1 aromatic rings. The lowest BCUT2D eigenvalue weighted by Crippen LogP contribution is -1.74. The topological polar surface area (TPSA) is 0 Å². The number of halogens is 1. The van der Waals surface area contributed by atoms with Crippen LogP contribution in [0.2, 0.25) is 5.02 Å². The maximum Gasteiger partial charge on any atom is 0.0419 e. The third-order valence-electron chi connectivity index (χ3n) is 1.25. The smallest absolute Gasteiger partial charge is 0.0419 e. The summed E-state index contributed by atoms with van der Waals surface area (Å²) < 4.78 is 0. The van der Waals surface area contributed by atoms with Crippen molar-refractivity contribution in [2.45, 2.75) is 11.8 Å². The molecule has 54 valence electrons. The Labute approximate surface area is 70.6 Å². The first-order valence-electron chi connectivity index (χ1n) is 3.03. The first-order chi connectivity index (χ1) is 4.72. The molecule has 2 heteroatoms. The van der Waals surface area contributed by atoms with Crippen molar-refractivity contribution in [3.8, 4) is 0 Å². The standard InChI is InChI=1S/C8H9ClS/c1-6-3-7(9)5-8(4-6)10-2/h3-5H,1-2H3. The molecule has 10 heavy (non-hydrogen) atoms. The van der Waals surface area contributed by atoms with Gasteiger partial charge < -0.3 is 0 Å². The van der Waals surface area contributed by atoms with E-state index in [1.54, 1.807) is 11.8 Å². The van der Waals surface area contributed by atoms with Gasteiger partial charge in [0.25, 0.3) is 0 Å². The molecule has 0 fully saturated rings. The predicted octanol–water partition coefficient (Wildman–Crippen LogP) is 3.37. The van der Waals surface area contributed by atoms with Crippen LogP contribution in [0, 0.1) is 6.92 Å². The summed E-state index contributed by atoms with van der Waals surface area (Å²) in [5, 5.41) is 0.823. The van der Waals surface area contributed by atoms with Gasteiger partial charge in [0.1, 0.15) is 0 Å². The van der Waals surface area contributed by atoms with Gasteiger partial charge in [0.15, 0.2) is 0 Å². The van der Waals surface area contributed by atoms with Crippen LogP contribution in [0.3, 0.4) is 0 Å². The Bertz CT molecular complexity index is 212. The highest BCUT2D eigenvalue weighted by Crippen LogP contribution is 2.21. The molecule has 1 rings (SSSR count). The van der Waals surface area contributed by atoms with Crippen LogP contribution in [0.1, 0.15) is 5.56 Å². The van der Waals surface area contributed by atoms with Crippen LogP contribution in [0.25, 0.3) is 0 Å². The quantitative estimate of drug-likeness (QED) is 0.586. The van der Waals surface area contributed by atoms with E-state index in [9.17, 15) is 0 Å². The lowest BCUT2D eigenvalue weighted by atomic mass is 10.2. The number of hydrogen-bond donors (Lipinski definition) is 0. The van der Waals surface area contributed by atoms with E-state index in [2.05, 4.69) is 6.07 Å². The SMILES string of the molecule is CSc1cc(C)cc(Cl)c1. The summed E-state index contributed by atoms with van der Waals surface area (Å²) in [6.07, 6.45) is 2.05. The molecule has 0 N–H and O–H groups in total. The van der Waals surface area contributed by atoms with Crippen molar-refractivity contribution < 1.29 is 0 Å². The van der Waals surface area contributed by atoms with E-state index < -0.39 is 0 Å². The van der Waals surface area contributed by atoms with Crippen molar-refractivity contribution in [1.29, 1.82) is 0 Å². The number of hydrogen-bond acceptors (Lipinski definition) is 1. The van der Waals surface area contributed by atoms with Crippen LogP contribution in [-0.4, -0.2) is 6.26 Å². The Morgan fingerprint density at radius 1 is 1.30 bits per heavy atom. The molecule has 0 radical (unpaired) electrons. The lowest BCUT2D eigenvalue weighted by Gasteiger charge is -1.98. The van der Waals surface area contributed by atoms with Gasteiger partial charge in [-0.05, 0) is 36.9 Å². The van der Waals surface area contributed by atoms with E-state index in [0.29, 0.717) is 0 Å². The monoisotopic (exact) mass is 172 g/mol. The molecule has 0 spiro atoms. The van der Waals surface area contributed by atoms with Gasteiger partial charge in [-0.2, -0.15) is 0 Å². The van der Waals surface area contributed by atoms with Crippen LogP contribution < -0.4 is 0 Å². The van der Waals surface area contributed by atoms with Gasteiger partial charge >= 0.3 is 0 Å². The molecule has 0 amide bonds. The van der Waals surface area contributed by atoms with Crippen molar-refractivity contribution in [1.82, 2.24) is 0 Å². The van der Waals surface area contributed by atoms with E-state index in [0.717, 1.165) is 5.02 Å². The average Bonchev–Trinajstić information content (AvgIpc) is 1.85. The summed E-state index contributed by atoms with van der Waals surface area (Å²) in [4.78, 5) is 1.23. The second-order valence-electron chi connectivity index (χ2n) is 2.17. The fourth-order valence-electron chi connectivity index (χ4n) is 0.821. The van der Waals surface area contributed by atoms with Crippen LogP contribution >= 0.6 is 23.4 Å². The molecule has 0 unspecified atom stereocenters. The fraction of sp³-hybridized carbons (Fsp3) is 0.250. The third-order valence-corrected chi connectivity index (χ3v) is 2.18. The molecule has 0 aliphatic carbocycles. The lowest BCUT2D eigenvalue weighted by molar-refractivity contribution is 1.36. The zero-order chi connectivity index (χ0) is 7.56. The van der Waals surface area contributed by atoms with Gasteiger partial charge in [0.2, 0.25) is 0 Å². The first kappa shape index (κ1) is 7.96. The minimum atomic E-state index is 0.823. The number of rotatable bonds is 1. The van der Waals surface area contributed by atoms with Crippen LogP contribution in [-0.2, 0) is 0 Å². The molecule has 0 aromatic heterocycles. The van der Waals surface area contributed by atoms with Crippen LogP contribution in [0.4, 0.5) is 0 Å². The molecule has 0 heterocycles. The molecule has 0 bridgehead atoms. The maximum atomic E-state index is 5.82. The van der Waals surface area contributed by atoms with Gasteiger partial charge in [-0.1, -0.05) is 11.6 Å². The van der Waals surface area contributed by atoms with E-state index in [-0.39, 0.29) is 0 Å². The van der Waals surface area contributed by atoms with Crippen molar-refractivity contribution in [3.05, 3.63) is 28.8 Å². The van der Waals surface area contributed by atoms with Crippen molar-refractivity contribution >= 4 is 23.4 Å². The molecular formula is C8H9ClS. The van der Waals surface area contributed by atoms with Crippen molar-refractivity contribution in [3.63, 3.8) is 0 Å². The van der Waals surface area contributed by atoms with Gasteiger partial charge in [-0.25, -0.2) is 0 Å². The maximum absolute atomic E-state index is 5.82. The Kier molecular flexibility index (Phi) is 2.64. The summed E-state index contributed by atoms with van der Waals surface area (Å²) in [6, 6.07) is 6.05. The predicted molar refractivity (Wildman–Crippen MR) is 48.0 cm³/mol. The highest BCUT2D eigenvalue weighted by Gasteiger charge is 1.93. The third kappa shape index (κ3) is 1.93. The van der Waals surface area contributed by atoms with Gasteiger partial charge in [0, 0.05) is 9.92 Å². The summed E-state index contributed by atoms with van der Waals surface area (Å²) in [5.41, 5.74) is 1.22. The van der Waals surface area contributed by atoms with Gasteiger partial charge in [-0.15, -0.1) is 11.8 Å². The fourth-order valence-corrected chi connectivity index (χ4v) is 1.72. The van der Waals surface area contributed by atoms with Crippen LogP contribution in [0.5, 0.6) is 0 Å². The van der Waals surface area contributed by atoms with Gasteiger partial charge in [0.05, 0.1) is 0 Å².